The van der Waals surface area contributed by atoms with Crippen molar-refractivity contribution in [3.63, 3.8) is 0 Å². The Kier molecular flexibility index (Phi) is 3.76. The quantitative estimate of drug-likeness (QED) is 0.823. The molecule has 2 unspecified atom stereocenters. The second-order valence-corrected chi connectivity index (χ2v) is 6.02. The van der Waals surface area contributed by atoms with Crippen LogP contribution in [0.15, 0.2) is 0 Å². The van der Waals surface area contributed by atoms with Crippen LogP contribution >= 0.6 is 0 Å². The third-order valence-corrected chi connectivity index (χ3v) is 4.78. The first kappa shape index (κ1) is 12.9. The summed E-state index contributed by atoms with van der Waals surface area (Å²) in [6, 6.07) is 0. The van der Waals surface area contributed by atoms with E-state index in [4.69, 9.17) is 0 Å². The van der Waals surface area contributed by atoms with Gasteiger partial charge in [-0.15, -0.1) is 0 Å². The molecule has 1 heterocycles. The van der Waals surface area contributed by atoms with Crippen molar-refractivity contribution in [2.24, 2.45) is 11.8 Å². The Bertz CT molecular complexity index is 284. The van der Waals surface area contributed by atoms with Gasteiger partial charge in [-0.25, -0.2) is 0 Å². The Morgan fingerprint density at radius 3 is 2.41 bits per heavy atom. The van der Waals surface area contributed by atoms with Crippen LogP contribution < -0.4 is 0 Å². The highest BCUT2D eigenvalue weighted by atomic mass is 16.4. The van der Waals surface area contributed by atoms with Gasteiger partial charge in [-0.1, -0.05) is 26.7 Å². The van der Waals surface area contributed by atoms with Gasteiger partial charge in [0.05, 0.1) is 0 Å². The molecule has 3 nitrogen and oxygen atoms in total. The lowest BCUT2D eigenvalue weighted by Gasteiger charge is -2.48. The van der Waals surface area contributed by atoms with Crippen LogP contribution in [0.1, 0.15) is 52.4 Å². The van der Waals surface area contributed by atoms with Crippen LogP contribution in [0.4, 0.5) is 0 Å². The molecule has 3 heteroatoms. The van der Waals surface area contributed by atoms with Crippen LogP contribution in [0.5, 0.6) is 0 Å². The molecular weight excluding hydrogens is 214 g/mol. The molecule has 0 radical (unpaired) electrons. The largest absolute Gasteiger partial charge is 0.480 e. The molecule has 0 aromatic carbocycles. The van der Waals surface area contributed by atoms with E-state index in [1.165, 1.54) is 19.3 Å². The molecule has 1 saturated heterocycles. The van der Waals surface area contributed by atoms with E-state index in [-0.39, 0.29) is 0 Å². The van der Waals surface area contributed by atoms with Crippen molar-refractivity contribution < 1.29 is 9.90 Å². The fourth-order valence-electron chi connectivity index (χ4n) is 3.98. The van der Waals surface area contributed by atoms with E-state index in [1.807, 2.05) is 0 Å². The number of rotatable bonds is 3. The Balaban J connectivity index is 2.31. The summed E-state index contributed by atoms with van der Waals surface area (Å²) in [5.74, 6) is 0.219. The molecule has 2 rings (SSSR count). The number of nitrogens with zero attached hydrogens (tertiary/aromatic N) is 1. The van der Waals surface area contributed by atoms with E-state index in [0.29, 0.717) is 11.8 Å². The lowest BCUT2D eigenvalue weighted by Crippen LogP contribution is -2.61. The predicted molar refractivity (Wildman–Crippen MR) is 68.0 cm³/mol. The summed E-state index contributed by atoms with van der Waals surface area (Å²) in [5.41, 5.74) is -0.553. The van der Waals surface area contributed by atoms with Gasteiger partial charge in [-0.3, -0.25) is 9.69 Å². The third-order valence-electron chi connectivity index (χ3n) is 4.78. The maximum Gasteiger partial charge on any atom is 0.324 e. The molecule has 17 heavy (non-hydrogen) atoms. The maximum atomic E-state index is 11.9. The number of likely N-dealkylation sites (tertiary alicyclic amines) is 1. The van der Waals surface area contributed by atoms with Gasteiger partial charge in [-0.05, 0) is 50.6 Å². The molecule has 2 atom stereocenters. The Morgan fingerprint density at radius 1 is 1.24 bits per heavy atom. The van der Waals surface area contributed by atoms with E-state index in [1.54, 1.807) is 0 Å². The minimum Gasteiger partial charge on any atom is -0.480 e. The Labute approximate surface area is 104 Å². The second kappa shape index (κ2) is 4.97. The normalized spacial score (nSPS) is 35.4. The van der Waals surface area contributed by atoms with Gasteiger partial charge >= 0.3 is 5.97 Å². The molecule has 1 aliphatic heterocycles. The van der Waals surface area contributed by atoms with Gasteiger partial charge in [0, 0.05) is 0 Å². The number of hydrogen-bond donors (Lipinski definition) is 1. The maximum absolute atomic E-state index is 11.9. The van der Waals surface area contributed by atoms with Crippen LogP contribution in [0.25, 0.3) is 0 Å². The number of aliphatic carboxylic acids is 1. The van der Waals surface area contributed by atoms with Crippen LogP contribution in [-0.4, -0.2) is 34.6 Å². The summed E-state index contributed by atoms with van der Waals surface area (Å²) < 4.78 is 0. The van der Waals surface area contributed by atoms with Crippen LogP contribution in [0.3, 0.4) is 0 Å². The summed E-state index contributed by atoms with van der Waals surface area (Å²) in [4.78, 5) is 14.2. The van der Waals surface area contributed by atoms with Gasteiger partial charge < -0.3 is 5.11 Å². The molecule has 0 aromatic rings. The van der Waals surface area contributed by atoms with Crippen molar-refractivity contribution in [1.82, 2.24) is 4.90 Å². The summed E-state index contributed by atoms with van der Waals surface area (Å²) in [6.07, 6.45) is 6.54. The van der Waals surface area contributed by atoms with E-state index >= 15 is 0 Å². The SMILES string of the molecule is CC(C)C1CCCCC1(C(=O)O)N1CCCC1. The summed E-state index contributed by atoms with van der Waals surface area (Å²) in [7, 11) is 0. The monoisotopic (exact) mass is 239 g/mol. The molecule has 2 aliphatic rings. The lowest BCUT2D eigenvalue weighted by atomic mass is 9.67. The third kappa shape index (κ3) is 2.10. The predicted octanol–water partition coefficient (Wildman–Crippen LogP) is 2.75. The van der Waals surface area contributed by atoms with Crippen molar-refractivity contribution in [2.75, 3.05) is 13.1 Å². The molecule has 1 saturated carbocycles. The first-order valence-corrected chi connectivity index (χ1v) is 7.07. The van der Waals surface area contributed by atoms with E-state index in [0.717, 1.165) is 32.4 Å². The fraction of sp³-hybridized carbons (Fsp3) is 0.929. The van der Waals surface area contributed by atoms with E-state index in [2.05, 4.69) is 18.7 Å². The lowest BCUT2D eigenvalue weighted by molar-refractivity contribution is -0.160. The Morgan fingerprint density at radius 2 is 1.88 bits per heavy atom. The van der Waals surface area contributed by atoms with Crippen molar-refractivity contribution in [3.8, 4) is 0 Å². The number of carboxylic acid groups (broad SMARTS) is 1. The minimum absolute atomic E-state index is 0.326. The first-order chi connectivity index (χ1) is 8.09. The van der Waals surface area contributed by atoms with E-state index in [9.17, 15) is 9.90 Å². The molecule has 0 bridgehead atoms. The zero-order valence-electron chi connectivity index (χ0n) is 11.1. The van der Waals surface area contributed by atoms with Gasteiger partial charge in [-0.2, -0.15) is 0 Å². The van der Waals surface area contributed by atoms with Crippen molar-refractivity contribution in [1.29, 1.82) is 0 Å². The number of carbonyl (C=O) groups is 1. The highest BCUT2D eigenvalue weighted by Crippen LogP contribution is 2.44. The van der Waals surface area contributed by atoms with Gasteiger partial charge in [0.15, 0.2) is 0 Å². The van der Waals surface area contributed by atoms with Crippen LogP contribution in [0.2, 0.25) is 0 Å². The first-order valence-electron chi connectivity index (χ1n) is 7.07. The average Bonchev–Trinajstić information content (AvgIpc) is 2.82. The van der Waals surface area contributed by atoms with Gasteiger partial charge in [0.2, 0.25) is 0 Å². The van der Waals surface area contributed by atoms with E-state index < -0.39 is 11.5 Å². The molecule has 2 fully saturated rings. The molecule has 1 aliphatic carbocycles. The molecule has 0 aromatic heterocycles. The number of hydrogen-bond acceptors (Lipinski definition) is 2. The average molecular weight is 239 g/mol. The van der Waals surface area contributed by atoms with Crippen LogP contribution in [0, 0.1) is 11.8 Å². The molecule has 0 spiro atoms. The fourth-order valence-corrected chi connectivity index (χ4v) is 3.98. The topological polar surface area (TPSA) is 40.5 Å². The van der Waals surface area contributed by atoms with Crippen LogP contribution in [-0.2, 0) is 4.79 Å². The van der Waals surface area contributed by atoms with Gasteiger partial charge in [0.1, 0.15) is 5.54 Å². The summed E-state index contributed by atoms with van der Waals surface area (Å²) >= 11 is 0. The molecular formula is C14H25NO2. The van der Waals surface area contributed by atoms with Crippen molar-refractivity contribution in [3.05, 3.63) is 0 Å². The second-order valence-electron chi connectivity index (χ2n) is 6.02. The molecule has 1 N–H and O–H groups in total. The van der Waals surface area contributed by atoms with Crippen molar-refractivity contribution >= 4 is 5.97 Å². The Hall–Kier alpha value is -0.570. The summed E-state index contributed by atoms with van der Waals surface area (Å²) in [6.45, 7) is 6.33. The molecule has 98 valence electrons. The highest BCUT2D eigenvalue weighted by molar-refractivity contribution is 5.79. The zero-order chi connectivity index (χ0) is 12.5. The minimum atomic E-state index is -0.571. The van der Waals surface area contributed by atoms with Crippen molar-refractivity contribution in [2.45, 2.75) is 57.9 Å². The summed E-state index contributed by atoms with van der Waals surface area (Å²) in [5, 5.41) is 9.83. The zero-order valence-corrected chi connectivity index (χ0v) is 11.1. The smallest absolute Gasteiger partial charge is 0.324 e. The number of carboxylic acids is 1. The standard InChI is InChI=1S/C14H25NO2/c1-11(2)12-7-3-4-8-14(12,13(16)17)15-9-5-6-10-15/h11-12H,3-10H2,1-2H3,(H,16,17). The molecule has 0 amide bonds. The van der Waals surface area contributed by atoms with Gasteiger partial charge in [0.25, 0.3) is 0 Å². The highest BCUT2D eigenvalue weighted by Gasteiger charge is 2.52.